The number of carbonyl (C=O) groups excluding carboxylic acids is 1. The summed E-state index contributed by atoms with van der Waals surface area (Å²) in [4.78, 5) is 11.5. The molecule has 0 fully saturated rings. The summed E-state index contributed by atoms with van der Waals surface area (Å²) in [7, 11) is -2.95. The smallest absolute Gasteiger partial charge is 0.289 e. The Bertz CT molecular complexity index is 183. The number of hydrogen-bond donors (Lipinski definition) is 0. The number of hydrogen-bond acceptors (Lipinski definition) is 2. The van der Waals surface area contributed by atoms with E-state index in [1.165, 1.54) is 0 Å². The van der Waals surface area contributed by atoms with Crippen LogP contribution in [0.2, 0.25) is 44.8 Å². The average Bonchev–Trinajstić information content (AvgIpc) is 1.81. The van der Waals surface area contributed by atoms with Crippen LogP contribution < -0.4 is 0 Å². The second-order valence-corrected chi connectivity index (χ2v) is 15.1. The van der Waals surface area contributed by atoms with Gasteiger partial charge in [0.25, 0.3) is 5.97 Å². The molecule has 0 bridgehead atoms. The van der Waals surface area contributed by atoms with Crippen LogP contribution in [0.5, 0.6) is 0 Å². The van der Waals surface area contributed by atoms with Crippen molar-refractivity contribution in [2.45, 2.75) is 51.7 Å². The van der Waals surface area contributed by atoms with Crippen molar-refractivity contribution in [1.82, 2.24) is 0 Å². The summed E-state index contributed by atoms with van der Waals surface area (Å²) >= 11 is 0. The van der Waals surface area contributed by atoms with Gasteiger partial charge in [0.1, 0.15) is 0 Å². The Morgan fingerprint density at radius 2 is 1.62 bits per heavy atom. The van der Waals surface area contributed by atoms with Gasteiger partial charge in [-0.2, -0.15) is 0 Å². The van der Waals surface area contributed by atoms with E-state index < -0.39 is 16.4 Å². The van der Waals surface area contributed by atoms with Crippen molar-refractivity contribution < 1.29 is 9.22 Å². The first-order chi connectivity index (χ1) is 5.66. The van der Waals surface area contributed by atoms with Gasteiger partial charge in [-0.15, -0.1) is 0 Å². The molecule has 0 atom stereocenters. The molecule has 0 aliphatic heterocycles. The molecule has 0 rings (SSSR count). The third-order valence-corrected chi connectivity index (χ3v) is 6.00. The Hall–Kier alpha value is -0.0962. The van der Waals surface area contributed by atoms with E-state index in [1.807, 2.05) is 19.6 Å². The second-order valence-electron chi connectivity index (χ2n) is 5.28. The lowest BCUT2D eigenvalue weighted by Crippen LogP contribution is -2.34. The van der Waals surface area contributed by atoms with Crippen molar-refractivity contribution in [3.05, 3.63) is 0 Å². The zero-order valence-electron chi connectivity index (χ0n) is 9.73. The quantitative estimate of drug-likeness (QED) is 0.678. The molecule has 0 radical (unpaired) electrons. The molecule has 0 unspecified atom stereocenters. The minimum absolute atomic E-state index is 0.0256. The molecule has 0 aromatic rings. The molecule has 0 spiro atoms. The Labute approximate surface area is 83.8 Å². The Kier molecular flexibility index (Phi) is 4.38. The normalized spacial score (nSPS) is 12.8. The number of carbonyl (C=O) groups is 1. The molecular formula is C9H22O2Si2. The van der Waals surface area contributed by atoms with Crippen molar-refractivity contribution in [2.24, 2.45) is 0 Å². The fraction of sp³-hybridized carbons (Fsp3) is 0.889. The van der Waals surface area contributed by atoms with Crippen molar-refractivity contribution in [1.29, 1.82) is 0 Å². The molecule has 78 valence electrons. The van der Waals surface area contributed by atoms with E-state index in [0.717, 1.165) is 6.04 Å². The summed E-state index contributed by atoms with van der Waals surface area (Å²) in [5, 5.41) is 0. The molecule has 0 saturated heterocycles. The standard InChI is InChI=1S/C9H22O2Si2/c1-7-13(5,6)8-9(10)11-12(2,3)4/h7-8H2,1-6H3. The highest BCUT2D eigenvalue weighted by atomic mass is 28.4. The van der Waals surface area contributed by atoms with Crippen LogP contribution in [0.4, 0.5) is 0 Å². The fourth-order valence-electron chi connectivity index (χ4n) is 0.893. The molecule has 2 nitrogen and oxygen atoms in total. The molecule has 13 heavy (non-hydrogen) atoms. The van der Waals surface area contributed by atoms with Gasteiger partial charge in [0.15, 0.2) is 0 Å². The van der Waals surface area contributed by atoms with Gasteiger partial charge in [0.05, 0.1) is 8.07 Å². The molecule has 0 aromatic heterocycles. The molecule has 0 heterocycles. The largest absolute Gasteiger partial charge is 0.520 e. The molecule has 0 aromatic carbocycles. The molecule has 0 amide bonds. The molecule has 4 heteroatoms. The first-order valence-electron chi connectivity index (χ1n) is 4.88. The Morgan fingerprint density at radius 1 is 1.15 bits per heavy atom. The van der Waals surface area contributed by atoms with Gasteiger partial charge in [-0.05, 0) is 19.6 Å². The van der Waals surface area contributed by atoms with Crippen LogP contribution in [0.15, 0.2) is 0 Å². The lowest BCUT2D eigenvalue weighted by molar-refractivity contribution is -0.132. The van der Waals surface area contributed by atoms with Gasteiger partial charge >= 0.3 is 0 Å². The lowest BCUT2D eigenvalue weighted by Gasteiger charge is -2.23. The van der Waals surface area contributed by atoms with Crippen LogP contribution in [0.3, 0.4) is 0 Å². The maximum atomic E-state index is 11.5. The van der Waals surface area contributed by atoms with Gasteiger partial charge in [-0.3, -0.25) is 4.79 Å². The van der Waals surface area contributed by atoms with Gasteiger partial charge in [-0.25, -0.2) is 0 Å². The minimum Gasteiger partial charge on any atom is -0.520 e. The van der Waals surface area contributed by atoms with E-state index in [1.54, 1.807) is 0 Å². The van der Waals surface area contributed by atoms with Gasteiger partial charge in [0, 0.05) is 6.04 Å². The van der Waals surface area contributed by atoms with E-state index in [4.69, 9.17) is 4.43 Å². The SMILES string of the molecule is CC[Si](C)(C)CC(=O)O[Si](C)(C)C. The maximum absolute atomic E-state index is 11.5. The van der Waals surface area contributed by atoms with Gasteiger partial charge in [-0.1, -0.05) is 26.1 Å². The second kappa shape index (κ2) is 4.42. The van der Waals surface area contributed by atoms with Crippen LogP contribution in [0, 0.1) is 0 Å². The summed E-state index contributed by atoms with van der Waals surface area (Å²) in [6.07, 6.45) is 0. The molecule has 0 saturated carbocycles. The minimum atomic E-state index is -1.66. The number of rotatable bonds is 4. The Balaban J connectivity index is 4.03. The molecular weight excluding hydrogens is 196 g/mol. The first-order valence-corrected chi connectivity index (χ1v) is 11.7. The molecule has 0 N–H and O–H groups in total. The predicted molar refractivity (Wildman–Crippen MR) is 62.2 cm³/mol. The van der Waals surface area contributed by atoms with E-state index in [0.29, 0.717) is 6.04 Å². The van der Waals surface area contributed by atoms with Crippen molar-refractivity contribution in [3.63, 3.8) is 0 Å². The van der Waals surface area contributed by atoms with Crippen LogP contribution in [-0.4, -0.2) is 22.4 Å². The summed E-state index contributed by atoms with van der Waals surface area (Å²) in [5.74, 6) is 0.0256. The average molecular weight is 218 g/mol. The first kappa shape index (κ1) is 12.9. The van der Waals surface area contributed by atoms with Crippen molar-refractivity contribution in [3.8, 4) is 0 Å². The summed E-state index contributed by atoms with van der Waals surface area (Å²) < 4.78 is 5.41. The van der Waals surface area contributed by atoms with Crippen LogP contribution >= 0.6 is 0 Å². The molecule has 0 aliphatic rings. The van der Waals surface area contributed by atoms with Crippen LogP contribution in [-0.2, 0) is 9.22 Å². The highest BCUT2D eigenvalue weighted by Crippen LogP contribution is 2.16. The highest BCUT2D eigenvalue weighted by molar-refractivity contribution is 6.80. The summed E-state index contributed by atoms with van der Waals surface area (Å²) in [6, 6.07) is 1.82. The topological polar surface area (TPSA) is 26.3 Å². The Morgan fingerprint density at radius 3 is 1.92 bits per heavy atom. The third-order valence-electron chi connectivity index (χ3n) is 2.00. The zero-order chi connectivity index (χ0) is 10.7. The zero-order valence-corrected chi connectivity index (χ0v) is 11.7. The van der Waals surface area contributed by atoms with Gasteiger partial charge < -0.3 is 4.43 Å². The summed E-state index contributed by atoms with van der Waals surface area (Å²) in [6.45, 7) is 12.8. The van der Waals surface area contributed by atoms with Crippen molar-refractivity contribution in [2.75, 3.05) is 0 Å². The molecule has 0 aliphatic carbocycles. The van der Waals surface area contributed by atoms with Gasteiger partial charge in [0.2, 0.25) is 8.32 Å². The predicted octanol–water partition coefficient (Wildman–Crippen LogP) is 3.09. The fourth-order valence-corrected chi connectivity index (χ4v) is 2.90. The highest BCUT2D eigenvalue weighted by Gasteiger charge is 2.26. The van der Waals surface area contributed by atoms with E-state index in [2.05, 4.69) is 20.0 Å². The van der Waals surface area contributed by atoms with E-state index in [9.17, 15) is 4.79 Å². The van der Waals surface area contributed by atoms with E-state index >= 15 is 0 Å². The third kappa shape index (κ3) is 7.01. The van der Waals surface area contributed by atoms with E-state index in [-0.39, 0.29) is 5.97 Å². The van der Waals surface area contributed by atoms with Crippen LogP contribution in [0.25, 0.3) is 0 Å². The van der Waals surface area contributed by atoms with Crippen LogP contribution in [0.1, 0.15) is 6.92 Å². The van der Waals surface area contributed by atoms with Crippen molar-refractivity contribution >= 4 is 22.4 Å². The lowest BCUT2D eigenvalue weighted by atomic mass is 10.8. The summed E-state index contributed by atoms with van der Waals surface area (Å²) in [5.41, 5.74) is 0. The monoisotopic (exact) mass is 218 g/mol. The maximum Gasteiger partial charge on any atom is 0.289 e.